The summed E-state index contributed by atoms with van der Waals surface area (Å²) >= 11 is 0. The summed E-state index contributed by atoms with van der Waals surface area (Å²) in [4.78, 5) is 14.9. The molecule has 0 bridgehead atoms. The molecule has 1 aromatic heterocycles. The minimum atomic E-state index is -0.540. The van der Waals surface area contributed by atoms with Gasteiger partial charge in [-0.3, -0.25) is 4.79 Å². The fourth-order valence-corrected chi connectivity index (χ4v) is 1.53. The highest BCUT2D eigenvalue weighted by atomic mass is 16.5. The summed E-state index contributed by atoms with van der Waals surface area (Å²) in [6.45, 7) is 0.753. The van der Waals surface area contributed by atoms with E-state index in [1.807, 2.05) is 0 Å². The third-order valence-corrected chi connectivity index (χ3v) is 2.18. The van der Waals surface area contributed by atoms with Crippen molar-refractivity contribution in [2.24, 2.45) is 12.8 Å². The molecular formula is C7H10N4O2. The van der Waals surface area contributed by atoms with E-state index in [4.69, 9.17) is 10.9 Å². The van der Waals surface area contributed by atoms with Crippen LogP contribution in [0.4, 0.5) is 0 Å². The van der Waals surface area contributed by atoms with Gasteiger partial charge < -0.3 is 15.5 Å². The molecule has 6 nitrogen and oxygen atoms in total. The molecule has 3 N–H and O–H groups in total. The first-order valence-corrected chi connectivity index (χ1v) is 3.87. The number of nitrogens with two attached hydrogens (primary N) is 1. The number of fused-ring (bicyclic) bond motifs is 1. The van der Waals surface area contributed by atoms with E-state index in [0.29, 0.717) is 13.1 Å². The Bertz CT molecular complexity index is 371. The molecule has 1 amide bonds. The summed E-state index contributed by atoms with van der Waals surface area (Å²) in [5, 5.41) is 10.3. The topological polar surface area (TPSA) is 84.4 Å². The van der Waals surface area contributed by atoms with Crippen molar-refractivity contribution in [1.82, 2.24) is 14.6 Å². The molecule has 70 valence electrons. The van der Waals surface area contributed by atoms with E-state index in [9.17, 15) is 4.79 Å². The third kappa shape index (κ3) is 1.11. The first kappa shape index (κ1) is 8.21. The molecule has 0 aromatic carbocycles. The molecule has 13 heavy (non-hydrogen) atoms. The second-order valence-corrected chi connectivity index (χ2v) is 3.07. The number of imidazole rings is 1. The van der Waals surface area contributed by atoms with Crippen molar-refractivity contribution in [2.75, 3.05) is 0 Å². The lowest BCUT2D eigenvalue weighted by molar-refractivity contribution is -0.0985. The van der Waals surface area contributed by atoms with Crippen LogP contribution in [0.3, 0.4) is 0 Å². The first-order chi connectivity index (χ1) is 6.09. The van der Waals surface area contributed by atoms with Gasteiger partial charge in [-0.25, -0.2) is 4.98 Å². The van der Waals surface area contributed by atoms with Crippen LogP contribution >= 0.6 is 0 Å². The molecule has 1 aliphatic rings. The van der Waals surface area contributed by atoms with E-state index in [0.717, 1.165) is 16.5 Å². The maximum atomic E-state index is 10.9. The molecule has 0 spiro atoms. The molecule has 2 rings (SSSR count). The number of carbonyl (C=O) groups excluding carboxylic acids is 1. The Balaban J connectivity index is 2.47. The van der Waals surface area contributed by atoms with Gasteiger partial charge in [0.25, 0.3) is 5.91 Å². The molecule has 0 aliphatic carbocycles. The maximum absolute atomic E-state index is 10.9. The van der Waals surface area contributed by atoms with Crippen molar-refractivity contribution in [1.29, 1.82) is 0 Å². The van der Waals surface area contributed by atoms with Gasteiger partial charge in [-0.2, -0.15) is 5.06 Å². The number of nitrogens with zero attached hydrogens (tertiary/aromatic N) is 3. The molecule has 0 saturated carbocycles. The van der Waals surface area contributed by atoms with Gasteiger partial charge in [0, 0.05) is 7.05 Å². The lowest BCUT2D eigenvalue weighted by Crippen LogP contribution is -2.19. The Morgan fingerprint density at radius 1 is 1.62 bits per heavy atom. The van der Waals surface area contributed by atoms with Gasteiger partial charge in [-0.1, -0.05) is 0 Å². The molecule has 1 aromatic rings. The summed E-state index contributed by atoms with van der Waals surface area (Å²) in [5.74, 6) is -0.292. The van der Waals surface area contributed by atoms with Gasteiger partial charge in [0.15, 0.2) is 5.82 Å². The molecule has 0 saturated heterocycles. The Hall–Kier alpha value is -1.40. The van der Waals surface area contributed by atoms with Crippen molar-refractivity contribution in [3.8, 4) is 0 Å². The van der Waals surface area contributed by atoms with Gasteiger partial charge in [-0.05, 0) is 0 Å². The molecule has 0 unspecified atom stereocenters. The largest absolute Gasteiger partial charge is 0.363 e. The predicted octanol–water partition coefficient (Wildman–Crippen LogP) is -0.776. The fourth-order valence-electron chi connectivity index (χ4n) is 1.53. The Labute approximate surface area is 74.5 Å². The molecule has 0 atom stereocenters. The highest BCUT2D eigenvalue weighted by molar-refractivity contribution is 5.89. The van der Waals surface area contributed by atoms with Crippen molar-refractivity contribution in [3.05, 3.63) is 17.2 Å². The minimum Gasteiger partial charge on any atom is -0.363 e. The van der Waals surface area contributed by atoms with Gasteiger partial charge in [-0.15, -0.1) is 0 Å². The second kappa shape index (κ2) is 2.54. The van der Waals surface area contributed by atoms with E-state index in [1.54, 1.807) is 11.6 Å². The SMILES string of the molecule is Cn1c(C(N)=O)nc2c1CN(O)C2. The zero-order chi connectivity index (χ0) is 9.59. The van der Waals surface area contributed by atoms with Crippen LogP contribution in [-0.2, 0) is 20.1 Å². The molecular weight excluding hydrogens is 172 g/mol. The van der Waals surface area contributed by atoms with Crippen molar-refractivity contribution in [3.63, 3.8) is 0 Å². The zero-order valence-corrected chi connectivity index (χ0v) is 7.19. The van der Waals surface area contributed by atoms with Crippen LogP contribution in [0.15, 0.2) is 0 Å². The summed E-state index contributed by atoms with van der Waals surface area (Å²) in [6.07, 6.45) is 0. The lowest BCUT2D eigenvalue weighted by atomic mass is 10.4. The number of amides is 1. The van der Waals surface area contributed by atoms with Gasteiger partial charge in [0.2, 0.25) is 0 Å². The number of hydroxylamine groups is 2. The quantitative estimate of drug-likeness (QED) is 0.597. The Morgan fingerprint density at radius 2 is 2.31 bits per heavy atom. The number of hydrogen-bond acceptors (Lipinski definition) is 4. The minimum absolute atomic E-state index is 0.248. The van der Waals surface area contributed by atoms with Gasteiger partial charge in [0.05, 0.1) is 24.5 Å². The maximum Gasteiger partial charge on any atom is 0.284 e. The normalized spacial score (nSPS) is 16.2. The van der Waals surface area contributed by atoms with Crippen LogP contribution < -0.4 is 5.73 Å². The average Bonchev–Trinajstić information content (AvgIpc) is 2.51. The lowest BCUT2D eigenvalue weighted by Gasteiger charge is -2.05. The van der Waals surface area contributed by atoms with E-state index in [-0.39, 0.29) is 5.82 Å². The van der Waals surface area contributed by atoms with Crippen molar-refractivity contribution >= 4 is 5.91 Å². The summed E-state index contributed by atoms with van der Waals surface area (Å²) in [7, 11) is 1.71. The van der Waals surface area contributed by atoms with Crippen LogP contribution in [0.2, 0.25) is 0 Å². The Kier molecular flexibility index (Phi) is 1.61. The number of rotatable bonds is 1. The average molecular weight is 182 g/mol. The highest BCUT2D eigenvalue weighted by Gasteiger charge is 2.25. The van der Waals surface area contributed by atoms with Crippen LogP contribution in [0.5, 0.6) is 0 Å². The number of hydrogen-bond donors (Lipinski definition) is 2. The molecule has 2 heterocycles. The molecule has 0 radical (unpaired) electrons. The van der Waals surface area contributed by atoms with Gasteiger partial charge >= 0.3 is 0 Å². The van der Waals surface area contributed by atoms with E-state index >= 15 is 0 Å². The number of carbonyl (C=O) groups is 1. The van der Waals surface area contributed by atoms with Crippen molar-refractivity contribution in [2.45, 2.75) is 13.1 Å². The molecule has 6 heteroatoms. The van der Waals surface area contributed by atoms with Crippen LogP contribution in [0, 0.1) is 0 Å². The Morgan fingerprint density at radius 3 is 2.85 bits per heavy atom. The third-order valence-electron chi connectivity index (χ3n) is 2.18. The summed E-state index contributed by atoms with van der Waals surface area (Å²) < 4.78 is 1.62. The van der Waals surface area contributed by atoms with Gasteiger partial charge in [0.1, 0.15) is 0 Å². The summed E-state index contributed by atoms with van der Waals surface area (Å²) in [6, 6.07) is 0. The predicted molar refractivity (Wildman–Crippen MR) is 42.8 cm³/mol. The first-order valence-electron chi connectivity index (χ1n) is 3.87. The highest BCUT2D eigenvalue weighted by Crippen LogP contribution is 2.20. The van der Waals surface area contributed by atoms with E-state index in [1.165, 1.54) is 0 Å². The monoisotopic (exact) mass is 182 g/mol. The van der Waals surface area contributed by atoms with Crippen LogP contribution in [0.1, 0.15) is 22.0 Å². The number of aromatic nitrogens is 2. The molecule has 1 aliphatic heterocycles. The van der Waals surface area contributed by atoms with E-state index < -0.39 is 5.91 Å². The van der Waals surface area contributed by atoms with Crippen LogP contribution in [0.25, 0.3) is 0 Å². The smallest absolute Gasteiger partial charge is 0.284 e. The standard InChI is InChI=1S/C7H10N4O2/c1-10-5-3-11(13)2-4(5)9-7(10)6(8)12/h13H,2-3H2,1H3,(H2,8,12). The van der Waals surface area contributed by atoms with Crippen LogP contribution in [-0.4, -0.2) is 25.7 Å². The van der Waals surface area contributed by atoms with Crippen molar-refractivity contribution < 1.29 is 10.0 Å². The fraction of sp³-hybridized carbons (Fsp3) is 0.429. The second-order valence-electron chi connectivity index (χ2n) is 3.07. The number of primary amides is 1. The molecule has 0 fully saturated rings. The summed E-state index contributed by atoms with van der Waals surface area (Å²) in [5.41, 5.74) is 6.68. The zero-order valence-electron chi connectivity index (χ0n) is 7.19. The van der Waals surface area contributed by atoms with E-state index in [2.05, 4.69) is 4.98 Å².